The Kier molecular flexibility index (Phi) is 3.47. The van der Waals surface area contributed by atoms with Crippen LogP contribution in [0, 0.1) is 3.57 Å². The fourth-order valence-electron chi connectivity index (χ4n) is 0.784. The van der Waals surface area contributed by atoms with Crippen LogP contribution in [0.5, 0.6) is 0 Å². The van der Waals surface area contributed by atoms with E-state index in [4.69, 9.17) is 5.84 Å². The van der Waals surface area contributed by atoms with Crippen LogP contribution in [0.3, 0.4) is 0 Å². The van der Waals surface area contributed by atoms with Gasteiger partial charge in [0.15, 0.2) is 0 Å². The normalized spacial score (nSPS) is 9.73. The maximum absolute atomic E-state index is 5.31. The van der Waals surface area contributed by atoms with Crippen LogP contribution in [0.4, 0.5) is 5.69 Å². The monoisotopic (exact) mass is 280 g/mol. The van der Waals surface area contributed by atoms with Crippen LogP contribution >= 0.6 is 34.4 Å². The number of thioether (sulfide) groups is 1. The molecule has 0 amide bonds. The van der Waals surface area contributed by atoms with Gasteiger partial charge < -0.3 is 5.43 Å². The van der Waals surface area contributed by atoms with Crippen LogP contribution in [0.15, 0.2) is 23.1 Å². The van der Waals surface area contributed by atoms with Gasteiger partial charge in [-0.05, 0) is 47.0 Å². The summed E-state index contributed by atoms with van der Waals surface area (Å²) in [7, 11) is 0. The molecule has 0 spiro atoms. The van der Waals surface area contributed by atoms with Crippen molar-refractivity contribution in [2.24, 2.45) is 5.84 Å². The largest absolute Gasteiger partial charge is 0.323 e. The fraction of sp³-hybridized carbons (Fsp3) is 0.143. The molecule has 1 aromatic rings. The van der Waals surface area contributed by atoms with E-state index in [0.29, 0.717) is 0 Å². The molecule has 60 valence electrons. The topological polar surface area (TPSA) is 38.0 Å². The molecule has 2 nitrogen and oxygen atoms in total. The van der Waals surface area contributed by atoms with Gasteiger partial charge in [0.2, 0.25) is 0 Å². The van der Waals surface area contributed by atoms with Crippen molar-refractivity contribution >= 4 is 40.0 Å². The minimum absolute atomic E-state index is 0.984. The van der Waals surface area contributed by atoms with Crippen molar-refractivity contribution in [3.63, 3.8) is 0 Å². The zero-order valence-electron chi connectivity index (χ0n) is 6.10. The summed E-state index contributed by atoms with van der Waals surface area (Å²) in [6, 6.07) is 6.10. The Bertz CT molecular complexity index is 252. The zero-order valence-corrected chi connectivity index (χ0v) is 9.07. The summed E-state index contributed by atoms with van der Waals surface area (Å²) >= 11 is 3.97. The van der Waals surface area contributed by atoms with Gasteiger partial charge in [0.05, 0.1) is 5.69 Å². The average Bonchev–Trinajstić information content (AvgIpc) is 2.04. The molecule has 11 heavy (non-hydrogen) atoms. The number of hydrogen-bond donors (Lipinski definition) is 2. The molecule has 0 saturated heterocycles. The molecule has 4 heteroatoms. The molecule has 0 fully saturated rings. The van der Waals surface area contributed by atoms with E-state index in [2.05, 4.69) is 34.1 Å². The summed E-state index contributed by atoms with van der Waals surface area (Å²) < 4.78 is 1.23. The second kappa shape index (κ2) is 4.18. The van der Waals surface area contributed by atoms with E-state index in [1.807, 2.05) is 18.4 Å². The van der Waals surface area contributed by atoms with E-state index in [1.165, 1.54) is 8.47 Å². The molecule has 3 N–H and O–H groups in total. The van der Waals surface area contributed by atoms with E-state index in [1.54, 1.807) is 11.8 Å². The van der Waals surface area contributed by atoms with Gasteiger partial charge in [-0.2, -0.15) is 0 Å². The van der Waals surface area contributed by atoms with Crippen molar-refractivity contribution in [3.8, 4) is 0 Å². The maximum Gasteiger partial charge on any atom is 0.0621 e. The Balaban J connectivity index is 3.06. The molecule has 0 aliphatic rings. The summed E-state index contributed by atoms with van der Waals surface area (Å²) in [5.41, 5.74) is 3.63. The van der Waals surface area contributed by atoms with Crippen molar-refractivity contribution in [2.75, 3.05) is 11.7 Å². The number of hydrogen-bond acceptors (Lipinski definition) is 3. The Morgan fingerprint density at radius 3 is 2.82 bits per heavy atom. The van der Waals surface area contributed by atoms with Gasteiger partial charge in [0, 0.05) is 8.47 Å². The molecule has 0 aliphatic carbocycles. The van der Waals surface area contributed by atoms with Gasteiger partial charge in [0.1, 0.15) is 0 Å². The summed E-state index contributed by atoms with van der Waals surface area (Å²) in [5.74, 6) is 5.31. The number of nitrogen functional groups attached to an aromatic ring is 1. The van der Waals surface area contributed by atoms with Crippen molar-refractivity contribution in [3.05, 3.63) is 21.8 Å². The van der Waals surface area contributed by atoms with Gasteiger partial charge in [0.25, 0.3) is 0 Å². The van der Waals surface area contributed by atoms with Gasteiger partial charge in [-0.25, -0.2) is 0 Å². The first-order valence-electron chi connectivity index (χ1n) is 3.08. The first kappa shape index (κ1) is 9.15. The third-order valence-electron chi connectivity index (χ3n) is 1.32. The molecule has 0 aliphatic heterocycles. The van der Waals surface area contributed by atoms with Crippen LogP contribution in [-0.4, -0.2) is 6.26 Å². The molecular formula is C7H9IN2S. The Morgan fingerprint density at radius 2 is 2.27 bits per heavy atom. The molecule has 0 radical (unpaired) electrons. The lowest BCUT2D eigenvalue weighted by atomic mass is 10.3. The number of hydrazine groups is 1. The third kappa shape index (κ3) is 2.25. The van der Waals surface area contributed by atoms with E-state index in [-0.39, 0.29) is 0 Å². The van der Waals surface area contributed by atoms with Crippen LogP contribution in [0.1, 0.15) is 0 Å². The summed E-state index contributed by atoms with van der Waals surface area (Å²) in [4.78, 5) is 1.18. The maximum atomic E-state index is 5.31. The Morgan fingerprint density at radius 1 is 1.55 bits per heavy atom. The molecule has 0 heterocycles. The van der Waals surface area contributed by atoms with E-state index in [9.17, 15) is 0 Å². The number of benzene rings is 1. The third-order valence-corrected chi connectivity index (χ3v) is 2.77. The highest BCUT2D eigenvalue weighted by Crippen LogP contribution is 2.26. The van der Waals surface area contributed by atoms with E-state index < -0.39 is 0 Å². The molecule has 1 rings (SSSR count). The number of nitrogens with one attached hydrogen (secondary N) is 1. The molecule has 0 unspecified atom stereocenters. The minimum Gasteiger partial charge on any atom is -0.323 e. The Hall–Kier alpha value is 0.0600. The fourth-order valence-corrected chi connectivity index (χ4v) is 2.08. The first-order chi connectivity index (χ1) is 5.27. The average molecular weight is 280 g/mol. The molecule has 0 aromatic heterocycles. The molecular weight excluding hydrogens is 271 g/mol. The highest BCUT2D eigenvalue weighted by Gasteiger charge is 1.98. The standard InChI is InChI=1S/C7H9IN2S/c1-11-7-4-5(8)2-3-6(7)10-9/h2-4,10H,9H2,1H3. The lowest BCUT2D eigenvalue weighted by Crippen LogP contribution is -2.07. The summed E-state index contributed by atoms with van der Waals surface area (Å²) in [5, 5.41) is 0. The van der Waals surface area contributed by atoms with Crippen LogP contribution < -0.4 is 11.3 Å². The van der Waals surface area contributed by atoms with Crippen LogP contribution in [0.2, 0.25) is 0 Å². The number of halogens is 1. The second-order valence-electron chi connectivity index (χ2n) is 1.99. The van der Waals surface area contributed by atoms with Crippen LogP contribution in [0.25, 0.3) is 0 Å². The van der Waals surface area contributed by atoms with Gasteiger partial charge in [-0.1, -0.05) is 0 Å². The lowest BCUT2D eigenvalue weighted by molar-refractivity contribution is 1.28. The predicted octanol–water partition coefficient (Wildman–Crippen LogP) is 2.30. The molecule has 0 bridgehead atoms. The van der Waals surface area contributed by atoms with Crippen molar-refractivity contribution in [2.45, 2.75) is 4.90 Å². The van der Waals surface area contributed by atoms with Crippen LogP contribution in [-0.2, 0) is 0 Å². The molecule has 0 saturated carbocycles. The molecule has 1 aromatic carbocycles. The van der Waals surface area contributed by atoms with Gasteiger partial charge >= 0.3 is 0 Å². The van der Waals surface area contributed by atoms with Crippen molar-refractivity contribution < 1.29 is 0 Å². The van der Waals surface area contributed by atoms with E-state index in [0.717, 1.165) is 5.69 Å². The van der Waals surface area contributed by atoms with Gasteiger partial charge in [-0.3, -0.25) is 5.84 Å². The highest BCUT2D eigenvalue weighted by molar-refractivity contribution is 14.1. The number of nitrogens with two attached hydrogens (primary N) is 1. The van der Waals surface area contributed by atoms with Gasteiger partial charge in [-0.15, -0.1) is 11.8 Å². The SMILES string of the molecule is CSc1cc(I)ccc1NN. The Labute approximate surface area is 84.0 Å². The van der Waals surface area contributed by atoms with Crippen molar-refractivity contribution in [1.29, 1.82) is 0 Å². The first-order valence-corrected chi connectivity index (χ1v) is 5.38. The number of anilines is 1. The predicted molar refractivity (Wildman–Crippen MR) is 58.8 cm³/mol. The quantitative estimate of drug-likeness (QED) is 0.378. The molecule has 0 atom stereocenters. The summed E-state index contributed by atoms with van der Waals surface area (Å²) in [6.07, 6.45) is 2.03. The zero-order chi connectivity index (χ0) is 8.27. The highest BCUT2D eigenvalue weighted by atomic mass is 127. The summed E-state index contributed by atoms with van der Waals surface area (Å²) in [6.45, 7) is 0. The van der Waals surface area contributed by atoms with E-state index >= 15 is 0 Å². The second-order valence-corrected chi connectivity index (χ2v) is 4.08. The lowest BCUT2D eigenvalue weighted by Gasteiger charge is -2.05. The smallest absolute Gasteiger partial charge is 0.0621 e. The minimum atomic E-state index is 0.984. The van der Waals surface area contributed by atoms with Crippen molar-refractivity contribution in [1.82, 2.24) is 0 Å². The number of rotatable bonds is 2.